The van der Waals surface area contributed by atoms with Gasteiger partial charge in [-0.05, 0) is 74.6 Å². The number of piperazine rings is 1. The van der Waals surface area contributed by atoms with Gasteiger partial charge in [0.05, 0.1) is 46.3 Å². The lowest BCUT2D eigenvalue weighted by Gasteiger charge is -2.39. The Labute approximate surface area is 360 Å². The maximum Gasteiger partial charge on any atom is 0.301 e. The van der Waals surface area contributed by atoms with Gasteiger partial charge in [-0.2, -0.15) is 10.1 Å². The molecule has 1 aliphatic carbocycles. The number of carbonyl (C=O) groups is 2. The summed E-state index contributed by atoms with van der Waals surface area (Å²) in [5.74, 6) is -2.75. The van der Waals surface area contributed by atoms with E-state index < -0.39 is 30.0 Å². The van der Waals surface area contributed by atoms with E-state index in [1.807, 2.05) is 36.0 Å². The third kappa shape index (κ3) is 6.69. The molecule has 8 heterocycles. The number of hydrogen-bond donors (Lipinski definition) is 3. The van der Waals surface area contributed by atoms with Crippen LogP contribution in [0.3, 0.4) is 0 Å². The second-order valence-corrected chi connectivity index (χ2v) is 18.5. The highest BCUT2D eigenvalue weighted by molar-refractivity contribution is 6.33. The minimum absolute atomic E-state index is 0.104. The second-order valence-electron chi connectivity index (χ2n) is 18.1. The molecule has 2 bridgehead atoms. The lowest BCUT2D eigenvalue weighted by atomic mass is 9.92. The Morgan fingerprint density at radius 2 is 1.82 bits per heavy atom. The molecule has 324 valence electrons. The Bertz CT molecular complexity index is 2710. The number of para-hydroxylation sites is 1. The van der Waals surface area contributed by atoms with Gasteiger partial charge in [0.25, 0.3) is 5.56 Å². The Kier molecular flexibility index (Phi) is 9.37. The number of aromatic nitrogens is 5. The normalized spacial score (nSPS) is 25.2. The van der Waals surface area contributed by atoms with Crippen LogP contribution in [0.4, 0.5) is 37.6 Å². The molecule has 5 fully saturated rings. The number of ether oxygens (including phenoxy) is 1. The zero-order chi connectivity index (χ0) is 42.6. The van der Waals surface area contributed by atoms with Gasteiger partial charge < -0.3 is 29.7 Å². The summed E-state index contributed by atoms with van der Waals surface area (Å²) in [4.78, 5) is 54.7. The Morgan fingerprint density at radius 3 is 2.58 bits per heavy atom. The van der Waals surface area contributed by atoms with Crippen molar-refractivity contribution in [3.05, 3.63) is 63.7 Å². The average molecular weight is 868 g/mol. The number of piperidine rings is 2. The first-order chi connectivity index (χ1) is 29.9. The number of pyridine rings is 1. The summed E-state index contributed by atoms with van der Waals surface area (Å²) >= 11 is 6.68. The molecule has 2 aromatic carbocycles. The van der Waals surface area contributed by atoms with Crippen LogP contribution >= 0.6 is 11.6 Å². The van der Waals surface area contributed by atoms with Gasteiger partial charge in [0, 0.05) is 81.8 Å². The average Bonchev–Trinajstić information content (AvgIpc) is 3.81. The van der Waals surface area contributed by atoms with Crippen LogP contribution < -0.4 is 36.0 Å². The fourth-order valence-corrected chi connectivity index (χ4v) is 10.9. The number of nitrogens with one attached hydrogen (secondary N) is 3. The molecule has 5 aliphatic heterocycles. The molecule has 15 nitrogen and oxygen atoms in total. The molecular formula is C44H48ClF2N11O4. The van der Waals surface area contributed by atoms with Crippen molar-refractivity contribution < 1.29 is 23.1 Å². The van der Waals surface area contributed by atoms with Gasteiger partial charge in [0.2, 0.25) is 23.5 Å². The number of nitrogens with zero attached hydrogens (tertiary/aromatic N) is 8. The van der Waals surface area contributed by atoms with Crippen LogP contribution in [0.25, 0.3) is 21.8 Å². The summed E-state index contributed by atoms with van der Waals surface area (Å²) in [6.07, 6.45) is 6.99. The van der Waals surface area contributed by atoms with Gasteiger partial charge in [-0.15, -0.1) is 0 Å². The molecule has 11 rings (SSSR count). The van der Waals surface area contributed by atoms with Crippen molar-refractivity contribution in [1.29, 1.82) is 0 Å². The van der Waals surface area contributed by atoms with E-state index in [1.165, 1.54) is 4.57 Å². The lowest BCUT2D eigenvalue weighted by molar-refractivity contribution is -0.134. The van der Waals surface area contributed by atoms with Crippen molar-refractivity contribution in [2.75, 3.05) is 59.8 Å². The van der Waals surface area contributed by atoms with E-state index in [0.29, 0.717) is 71.0 Å². The topological polar surface area (TPSA) is 155 Å². The molecule has 4 saturated heterocycles. The van der Waals surface area contributed by atoms with Gasteiger partial charge in [0.15, 0.2) is 12.4 Å². The first-order valence-electron chi connectivity index (χ1n) is 21.7. The van der Waals surface area contributed by atoms with Crippen LogP contribution in [0.5, 0.6) is 5.75 Å². The fourth-order valence-electron chi connectivity index (χ4n) is 10.7. The summed E-state index contributed by atoms with van der Waals surface area (Å²) in [5.41, 5.74) is 3.90. The second kappa shape index (κ2) is 14.8. The largest absolute Gasteiger partial charge is 0.480 e. The van der Waals surface area contributed by atoms with Crippen molar-refractivity contribution in [2.45, 2.75) is 74.9 Å². The fraction of sp³-hybridized carbons (Fsp3) is 0.500. The SMILES string of the molecule is Cn1nc(C2CCC(=O)NC2=O)c2cccc(N3CCC(CN4C[C@H]5C[C@@H]4CN5c4ncc(Cl)c(Nc5ccc6c(c5)c5c(c(=O)n6C)OCC(F)(F)[C@H](C6CC6)N5)n4)CC3)c21. The van der Waals surface area contributed by atoms with Crippen LogP contribution in [-0.4, -0.2) is 104 Å². The molecule has 0 spiro atoms. The molecule has 1 unspecified atom stereocenters. The number of anilines is 5. The minimum atomic E-state index is -3.13. The number of hydrogen-bond acceptors (Lipinski definition) is 12. The summed E-state index contributed by atoms with van der Waals surface area (Å²) in [7, 11) is 3.54. The molecule has 6 aliphatic rings. The first kappa shape index (κ1) is 39.3. The van der Waals surface area contributed by atoms with E-state index in [4.69, 9.17) is 26.4 Å². The molecule has 3 aromatic heterocycles. The van der Waals surface area contributed by atoms with Crippen LogP contribution in [0.15, 0.2) is 47.4 Å². The molecule has 0 radical (unpaired) electrons. The zero-order valence-corrected chi connectivity index (χ0v) is 35.3. The molecule has 3 N–H and O–H groups in total. The number of halogens is 3. The molecule has 2 amide bonds. The highest BCUT2D eigenvalue weighted by Crippen LogP contribution is 2.46. The van der Waals surface area contributed by atoms with E-state index in [2.05, 4.69) is 41.7 Å². The van der Waals surface area contributed by atoms with E-state index in [-0.39, 0.29) is 35.2 Å². The van der Waals surface area contributed by atoms with E-state index >= 15 is 8.78 Å². The molecule has 62 heavy (non-hydrogen) atoms. The summed E-state index contributed by atoms with van der Waals surface area (Å²) in [5, 5.41) is 15.6. The lowest BCUT2D eigenvalue weighted by Crippen LogP contribution is -2.49. The van der Waals surface area contributed by atoms with Crippen molar-refractivity contribution >= 4 is 74.0 Å². The maximum absolute atomic E-state index is 15.2. The Hall–Kier alpha value is -5.55. The standard InChI is InChI=1S/C44H48ClF2N11O4/c1-54-32-10-8-25(16-30(32)36-38(42(54)61)62-22-44(46,47)39(51-36)24-6-7-24)49-40-31(45)18-48-43(52-40)58-21-26-17-27(58)20-57(26)19-23-12-14-56(15-13-23)33-5-3-4-28-35(53-55(2)37(28)33)29-9-11-34(59)50-41(29)60/h3-5,8,10,16,18,23-24,26-27,29,39,51H,6-7,9,11-15,17,19-22H2,1-2H3,(H,48,49,52)(H,50,59,60)/t26-,27-,29?,39+/m1/s1. The third-order valence-corrected chi connectivity index (χ3v) is 14.4. The number of imide groups is 1. The monoisotopic (exact) mass is 867 g/mol. The summed E-state index contributed by atoms with van der Waals surface area (Å²) in [6.45, 7) is 3.81. The number of alkyl halides is 2. The molecule has 4 atom stereocenters. The summed E-state index contributed by atoms with van der Waals surface area (Å²) < 4.78 is 39.2. The van der Waals surface area contributed by atoms with Gasteiger partial charge in [-0.1, -0.05) is 23.7 Å². The third-order valence-electron chi connectivity index (χ3n) is 14.1. The highest BCUT2D eigenvalue weighted by Gasteiger charge is 2.51. The predicted molar refractivity (Wildman–Crippen MR) is 232 cm³/mol. The number of likely N-dealkylation sites (tertiary alicyclic amines) is 1. The molecular weight excluding hydrogens is 820 g/mol. The Morgan fingerprint density at radius 1 is 1.00 bits per heavy atom. The van der Waals surface area contributed by atoms with Gasteiger partial charge in [-0.25, -0.2) is 13.8 Å². The van der Waals surface area contributed by atoms with E-state index in [0.717, 1.165) is 74.3 Å². The van der Waals surface area contributed by atoms with Crippen molar-refractivity contribution in [3.63, 3.8) is 0 Å². The molecule has 18 heteroatoms. The first-order valence-corrected chi connectivity index (χ1v) is 22.1. The minimum Gasteiger partial charge on any atom is -0.480 e. The quantitative estimate of drug-likeness (QED) is 0.168. The van der Waals surface area contributed by atoms with Crippen molar-refractivity contribution in [3.8, 4) is 5.75 Å². The van der Waals surface area contributed by atoms with Crippen LogP contribution in [0.2, 0.25) is 5.02 Å². The Balaban J connectivity index is 0.749. The predicted octanol–water partition coefficient (Wildman–Crippen LogP) is 5.53. The number of benzene rings is 2. The molecule has 5 aromatic rings. The summed E-state index contributed by atoms with van der Waals surface area (Å²) in [6, 6.07) is 11.2. The van der Waals surface area contributed by atoms with Gasteiger partial charge in [-0.3, -0.25) is 29.3 Å². The van der Waals surface area contributed by atoms with Crippen LogP contribution in [-0.2, 0) is 23.7 Å². The maximum atomic E-state index is 15.2. The highest BCUT2D eigenvalue weighted by atomic mass is 35.5. The van der Waals surface area contributed by atoms with Gasteiger partial charge in [0.1, 0.15) is 5.02 Å². The van der Waals surface area contributed by atoms with Crippen molar-refractivity contribution in [1.82, 2.24) is 34.5 Å². The zero-order valence-electron chi connectivity index (χ0n) is 34.5. The molecule has 1 saturated carbocycles. The number of carbonyl (C=O) groups excluding carboxylic acids is 2. The van der Waals surface area contributed by atoms with Crippen molar-refractivity contribution in [2.24, 2.45) is 25.9 Å². The number of rotatable bonds is 8. The van der Waals surface area contributed by atoms with E-state index in [1.54, 1.807) is 19.3 Å². The van der Waals surface area contributed by atoms with Crippen LogP contribution in [0, 0.1) is 11.8 Å². The number of fused-ring (bicyclic) bond motifs is 6. The van der Waals surface area contributed by atoms with Gasteiger partial charge >= 0.3 is 5.92 Å². The van der Waals surface area contributed by atoms with E-state index in [9.17, 15) is 14.4 Å². The smallest absolute Gasteiger partial charge is 0.301 e. The number of aryl methyl sites for hydroxylation is 2. The van der Waals surface area contributed by atoms with Crippen LogP contribution in [0.1, 0.15) is 56.6 Å². The number of amides is 2.